The van der Waals surface area contributed by atoms with Crippen molar-refractivity contribution in [3.63, 3.8) is 0 Å². The first-order chi connectivity index (χ1) is 14.4. The molecule has 0 aromatic heterocycles. The van der Waals surface area contributed by atoms with Crippen LogP contribution in [0.5, 0.6) is 11.5 Å². The summed E-state index contributed by atoms with van der Waals surface area (Å²) in [6.07, 6.45) is 5.38. The van der Waals surface area contributed by atoms with Gasteiger partial charge in [0.05, 0.1) is 12.8 Å². The van der Waals surface area contributed by atoms with E-state index in [9.17, 15) is 5.11 Å². The molecule has 30 heavy (non-hydrogen) atoms. The lowest BCUT2D eigenvalue weighted by atomic mass is 9.84. The van der Waals surface area contributed by atoms with Crippen molar-refractivity contribution in [2.75, 3.05) is 6.61 Å². The van der Waals surface area contributed by atoms with E-state index in [4.69, 9.17) is 16.3 Å². The molecule has 3 rings (SSSR count). The van der Waals surface area contributed by atoms with Crippen LogP contribution in [0.3, 0.4) is 0 Å². The lowest BCUT2D eigenvalue weighted by Crippen LogP contribution is -2.46. The standard InChI is InChI=1S/C23H33ClN4O2/c1-4-16-14-19(17-8-10-18(24)11-9-17)20(29)15-21(16)30-13-7-5-6-12-23(2,3)22-25-27-28-26-22/h8-11,14-15,22,25-29H,4-7,12-13H2,1-3H3. The molecule has 0 bridgehead atoms. The van der Waals surface area contributed by atoms with Gasteiger partial charge in [0.2, 0.25) is 0 Å². The number of rotatable bonds is 10. The molecule has 2 aromatic rings. The average molecular weight is 433 g/mol. The van der Waals surface area contributed by atoms with Gasteiger partial charge in [-0.1, -0.05) is 57.3 Å². The van der Waals surface area contributed by atoms with E-state index < -0.39 is 0 Å². The van der Waals surface area contributed by atoms with Crippen molar-refractivity contribution in [3.05, 3.63) is 47.0 Å². The minimum Gasteiger partial charge on any atom is -0.507 e. The van der Waals surface area contributed by atoms with Crippen LogP contribution in [0.1, 0.15) is 52.0 Å². The second-order valence-electron chi connectivity index (χ2n) is 8.46. The highest BCUT2D eigenvalue weighted by Gasteiger charge is 2.30. The van der Waals surface area contributed by atoms with Crippen molar-refractivity contribution in [1.82, 2.24) is 21.9 Å². The summed E-state index contributed by atoms with van der Waals surface area (Å²) >= 11 is 5.98. The Balaban J connectivity index is 1.50. The van der Waals surface area contributed by atoms with Crippen LogP contribution in [0.2, 0.25) is 5.02 Å². The van der Waals surface area contributed by atoms with Gasteiger partial charge in [-0.25, -0.2) is 10.9 Å². The summed E-state index contributed by atoms with van der Waals surface area (Å²) in [6, 6.07) is 11.3. The molecule has 6 nitrogen and oxygen atoms in total. The summed E-state index contributed by atoms with van der Waals surface area (Å²) in [6.45, 7) is 7.25. The highest BCUT2D eigenvalue weighted by molar-refractivity contribution is 6.30. The van der Waals surface area contributed by atoms with Crippen molar-refractivity contribution >= 4 is 11.6 Å². The Morgan fingerprint density at radius 2 is 1.73 bits per heavy atom. The maximum Gasteiger partial charge on any atom is 0.127 e. The smallest absolute Gasteiger partial charge is 0.127 e. The van der Waals surface area contributed by atoms with Crippen LogP contribution in [0, 0.1) is 5.41 Å². The number of ether oxygens (including phenoxy) is 1. The van der Waals surface area contributed by atoms with Gasteiger partial charge >= 0.3 is 0 Å². The van der Waals surface area contributed by atoms with Gasteiger partial charge in [-0.2, -0.15) is 11.1 Å². The molecule has 0 aliphatic carbocycles. The second-order valence-corrected chi connectivity index (χ2v) is 8.89. The van der Waals surface area contributed by atoms with Gasteiger partial charge in [0.1, 0.15) is 11.5 Å². The first kappa shape index (κ1) is 22.8. The van der Waals surface area contributed by atoms with E-state index in [2.05, 4.69) is 42.7 Å². The number of nitrogens with one attached hydrogen (secondary N) is 4. The summed E-state index contributed by atoms with van der Waals surface area (Å²) in [4.78, 5) is 0. The monoisotopic (exact) mass is 432 g/mol. The van der Waals surface area contributed by atoms with Crippen molar-refractivity contribution in [2.24, 2.45) is 5.41 Å². The number of aryl methyl sites for hydroxylation is 1. The molecule has 164 valence electrons. The van der Waals surface area contributed by atoms with Crippen LogP contribution in [-0.4, -0.2) is 17.9 Å². The predicted octanol–water partition coefficient (Wildman–Crippen LogP) is 4.68. The Hall–Kier alpha value is -1.83. The van der Waals surface area contributed by atoms with Gasteiger partial charge in [-0.3, -0.25) is 0 Å². The number of halogens is 1. The molecule has 1 heterocycles. The molecule has 1 aliphatic heterocycles. The van der Waals surface area contributed by atoms with E-state index in [0.29, 0.717) is 11.6 Å². The topological polar surface area (TPSA) is 77.6 Å². The number of phenolic OH excluding ortho intramolecular Hbond substituents is 1. The Kier molecular flexibility index (Phi) is 7.97. The van der Waals surface area contributed by atoms with Crippen molar-refractivity contribution < 1.29 is 9.84 Å². The maximum atomic E-state index is 10.5. The van der Waals surface area contributed by atoms with Gasteiger partial charge in [0, 0.05) is 16.7 Å². The minimum absolute atomic E-state index is 0.135. The fourth-order valence-corrected chi connectivity index (χ4v) is 3.84. The number of benzene rings is 2. The van der Waals surface area contributed by atoms with Gasteiger partial charge in [0.15, 0.2) is 0 Å². The first-order valence-corrected chi connectivity index (χ1v) is 11.0. The van der Waals surface area contributed by atoms with E-state index in [-0.39, 0.29) is 17.3 Å². The summed E-state index contributed by atoms with van der Waals surface area (Å²) in [5.74, 6) is 0.995. The highest BCUT2D eigenvalue weighted by Crippen LogP contribution is 2.36. The normalized spacial score (nSPS) is 14.9. The Labute approximate surface area is 184 Å². The lowest BCUT2D eigenvalue weighted by molar-refractivity contribution is 0.205. The minimum atomic E-state index is 0.135. The van der Waals surface area contributed by atoms with Gasteiger partial charge in [-0.15, -0.1) is 0 Å². The number of hydrogen-bond donors (Lipinski definition) is 5. The van der Waals surface area contributed by atoms with Crippen LogP contribution < -0.4 is 26.7 Å². The van der Waals surface area contributed by atoms with Crippen LogP contribution in [0.15, 0.2) is 36.4 Å². The number of unbranched alkanes of at least 4 members (excludes halogenated alkanes) is 2. The van der Waals surface area contributed by atoms with E-state index in [1.807, 2.05) is 30.3 Å². The SMILES string of the molecule is CCc1cc(-c2ccc(Cl)cc2)c(O)cc1OCCCCCC(C)(C)C1NNNN1. The quantitative estimate of drug-likeness (QED) is 0.351. The Morgan fingerprint density at radius 3 is 2.40 bits per heavy atom. The molecular weight excluding hydrogens is 400 g/mol. The third kappa shape index (κ3) is 5.86. The van der Waals surface area contributed by atoms with Crippen molar-refractivity contribution in [3.8, 4) is 22.6 Å². The molecule has 0 radical (unpaired) electrons. The number of phenols is 1. The molecule has 5 N–H and O–H groups in total. The van der Waals surface area contributed by atoms with Gasteiger partial charge in [-0.05, 0) is 54.0 Å². The summed E-state index contributed by atoms with van der Waals surface area (Å²) in [5.41, 5.74) is 15.1. The molecule has 2 aromatic carbocycles. The predicted molar refractivity (Wildman–Crippen MR) is 122 cm³/mol. The third-order valence-corrected chi connectivity index (χ3v) is 5.97. The van der Waals surface area contributed by atoms with Gasteiger partial charge < -0.3 is 9.84 Å². The summed E-state index contributed by atoms with van der Waals surface area (Å²) in [7, 11) is 0. The molecule has 1 aliphatic rings. The molecule has 0 amide bonds. The van der Waals surface area contributed by atoms with Crippen LogP contribution in [0.4, 0.5) is 0 Å². The maximum absolute atomic E-state index is 10.5. The van der Waals surface area contributed by atoms with E-state index in [0.717, 1.165) is 54.5 Å². The number of hydrogen-bond acceptors (Lipinski definition) is 6. The highest BCUT2D eigenvalue weighted by atomic mass is 35.5. The molecule has 0 spiro atoms. The zero-order valence-electron chi connectivity index (χ0n) is 18.0. The van der Waals surface area contributed by atoms with Crippen molar-refractivity contribution in [2.45, 2.75) is 59.0 Å². The molecule has 1 saturated heterocycles. The zero-order chi connectivity index (χ0) is 21.6. The van der Waals surface area contributed by atoms with Crippen LogP contribution >= 0.6 is 11.6 Å². The molecular formula is C23H33ClN4O2. The molecule has 1 fully saturated rings. The lowest BCUT2D eigenvalue weighted by Gasteiger charge is -2.30. The Morgan fingerprint density at radius 1 is 1.03 bits per heavy atom. The van der Waals surface area contributed by atoms with E-state index in [1.165, 1.54) is 0 Å². The second kappa shape index (κ2) is 10.5. The van der Waals surface area contributed by atoms with Gasteiger partial charge in [0.25, 0.3) is 0 Å². The van der Waals surface area contributed by atoms with Crippen LogP contribution in [0.25, 0.3) is 11.1 Å². The van der Waals surface area contributed by atoms with E-state index in [1.54, 1.807) is 6.07 Å². The largest absolute Gasteiger partial charge is 0.507 e. The fourth-order valence-electron chi connectivity index (χ4n) is 3.71. The summed E-state index contributed by atoms with van der Waals surface area (Å²) in [5, 5.41) is 11.2. The van der Waals surface area contributed by atoms with E-state index >= 15 is 0 Å². The zero-order valence-corrected chi connectivity index (χ0v) is 18.8. The summed E-state index contributed by atoms with van der Waals surface area (Å²) < 4.78 is 6.03. The third-order valence-electron chi connectivity index (χ3n) is 5.71. The first-order valence-electron chi connectivity index (χ1n) is 10.7. The van der Waals surface area contributed by atoms with Crippen molar-refractivity contribution in [1.29, 1.82) is 0 Å². The van der Waals surface area contributed by atoms with Crippen LogP contribution in [-0.2, 0) is 6.42 Å². The fraction of sp³-hybridized carbons (Fsp3) is 0.478. The molecule has 7 heteroatoms. The number of hydrazine groups is 3. The molecule has 0 saturated carbocycles. The Bertz CT molecular complexity index is 821. The molecule has 0 atom stereocenters. The molecule has 0 unspecified atom stereocenters. The average Bonchev–Trinajstić information content (AvgIpc) is 3.27. The number of aromatic hydroxyl groups is 1.